The average Bonchev–Trinajstić information content (AvgIpc) is 3.12. The molecule has 0 aliphatic carbocycles. The predicted octanol–water partition coefficient (Wildman–Crippen LogP) is 1.98. The van der Waals surface area contributed by atoms with Gasteiger partial charge in [0.15, 0.2) is 0 Å². The van der Waals surface area contributed by atoms with Crippen LogP contribution in [-0.4, -0.2) is 64.0 Å². The molecule has 0 spiro atoms. The fourth-order valence-corrected chi connectivity index (χ4v) is 4.73. The molecule has 2 aromatic heterocycles. The van der Waals surface area contributed by atoms with Crippen molar-refractivity contribution < 1.29 is 8.42 Å². The van der Waals surface area contributed by atoms with Gasteiger partial charge in [-0.15, -0.1) is 0 Å². The van der Waals surface area contributed by atoms with Crippen molar-refractivity contribution in [2.75, 3.05) is 27.2 Å². The molecule has 27 heavy (non-hydrogen) atoms. The van der Waals surface area contributed by atoms with Gasteiger partial charge in [0.1, 0.15) is 6.33 Å². The minimum Gasteiger partial charge on any atom is -0.261 e. The maximum Gasteiger partial charge on any atom is 0.281 e. The highest BCUT2D eigenvalue weighted by Gasteiger charge is 2.30. The molecule has 9 heteroatoms. The van der Waals surface area contributed by atoms with Gasteiger partial charge in [-0.05, 0) is 51.2 Å². The van der Waals surface area contributed by atoms with Gasteiger partial charge in [0.05, 0.1) is 11.4 Å². The van der Waals surface area contributed by atoms with Crippen molar-refractivity contribution in [3.63, 3.8) is 0 Å². The van der Waals surface area contributed by atoms with E-state index in [0.29, 0.717) is 13.1 Å². The third kappa shape index (κ3) is 4.36. The van der Waals surface area contributed by atoms with Gasteiger partial charge in [-0.1, -0.05) is 0 Å². The molecule has 0 saturated carbocycles. The summed E-state index contributed by atoms with van der Waals surface area (Å²) in [6, 6.07) is 4.20. The molecular weight excluding hydrogens is 364 g/mol. The summed E-state index contributed by atoms with van der Waals surface area (Å²) in [5.41, 5.74) is 2.75. The largest absolute Gasteiger partial charge is 0.281 e. The Morgan fingerprint density at radius 3 is 2.78 bits per heavy atom. The van der Waals surface area contributed by atoms with E-state index in [-0.39, 0.29) is 12.0 Å². The van der Waals surface area contributed by atoms with Crippen molar-refractivity contribution in [2.45, 2.75) is 39.2 Å². The van der Waals surface area contributed by atoms with E-state index in [2.05, 4.69) is 28.9 Å². The van der Waals surface area contributed by atoms with Gasteiger partial charge in [-0.3, -0.25) is 4.68 Å². The van der Waals surface area contributed by atoms with Gasteiger partial charge in [0.2, 0.25) is 0 Å². The number of aromatic nitrogens is 4. The van der Waals surface area contributed by atoms with Gasteiger partial charge in [0, 0.05) is 45.1 Å². The Labute approximate surface area is 161 Å². The van der Waals surface area contributed by atoms with Crippen molar-refractivity contribution in [2.24, 2.45) is 5.92 Å². The molecule has 1 aliphatic heterocycles. The Kier molecular flexibility index (Phi) is 5.92. The summed E-state index contributed by atoms with van der Waals surface area (Å²) in [4.78, 5) is 8.83. The second-order valence-electron chi connectivity index (χ2n) is 7.51. The highest BCUT2D eigenvalue weighted by atomic mass is 32.2. The molecule has 3 heterocycles. The maximum absolute atomic E-state index is 12.4. The molecule has 3 rings (SSSR count). The molecule has 0 unspecified atom stereocenters. The zero-order valence-electron chi connectivity index (χ0n) is 16.4. The van der Waals surface area contributed by atoms with Crippen LogP contribution in [-0.2, 0) is 16.6 Å². The van der Waals surface area contributed by atoms with Crippen molar-refractivity contribution in [3.05, 3.63) is 30.4 Å². The van der Waals surface area contributed by atoms with Crippen LogP contribution < -0.4 is 0 Å². The first kappa shape index (κ1) is 19.9. The minimum atomic E-state index is -3.36. The lowest BCUT2D eigenvalue weighted by Gasteiger charge is -2.33. The number of nitrogens with zero attached hydrogens (tertiary/aromatic N) is 6. The van der Waals surface area contributed by atoms with Crippen LogP contribution in [0, 0.1) is 5.92 Å². The molecule has 0 radical (unpaired) electrons. The molecule has 8 nitrogen and oxygen atoms in total. The average molecular weight is 393 g/mol. The summed E-state index contributed by atoms with van der Waals surface area (Å²) in [5.74, 6) is 0.256. The van der Waals surface area contributed by atoms with Crippen molar-refractivity contribution in [3.8, 4) is 11.4 Å². The van der Waals surface area contributed by atoms with Crippen LogP contribution >= 0.6 is 0 Å². The first-order valence-electron chi connectivity index (χ1n) is 9.31. The number of rotatable bonds is 6. The Hall–Kier alpha value is -1.84. The maximum atomic E-state index is 12.4. The molecule has 1 fully saturated rings. The van der Waals surface area contributed by atoms with Gasteiger partial charge >= 0.3 is 0 Å². The third-order valence-electron chi connectivity index (χ3n) is 4.91. The van der Waals surface area contributed by atoms with E-state index in [1.165, 1.54) is 4.31 Å². The second kappa shape index (κ2) is 8.04. The first-order chi connectivity index (χ1) is 12.8. The summed E-state index contributed by atoms with van der Waals surface area (Å²) < 4.78 is 29.6. The fraction of sp³-hybridized carbons (Fsp3) is 0.611. The van der Waals surface area contributed by atoms with Crippen molar-refractivity contribution in [1.29, 1.82) is 0 Å². The SMILES string of the molecule is CC(C)n1nccc1-c1cc(C[C@@H]2CCCN(S(=O)(=O)N(C)C)C2)ncn1. The number of hydrogen-bond donors (Lipinski definition) is 0. The van der Waals surface area contributed by atoms with Crippen LogP contribution in [0.15, 0.2) is 24.7 Å². The van der Waals surface area contributed by atoms with E-state index in [0.717, 1.165) is 36.3 Å². The van der Waals surface area contributed by atoms with Gasteiger partial charge < -0.3 is 0 Å². The Balaban J connectivity index is 1.76. The second-order valence-corrected chi connectivity index (χ2v) is 9.65. The Morgan fingerprint density at radius 1 is 1.30 bits per heavy atom. The smallest absolute Gasteiger partial charge is 0.261 e. The molecular formula is C18H28N6O2S. The van der Waals surface area contributed by atoms with E-state index < -0.39 is 10.2 Å². The zero-order chi connectivity index (χ0) is 19.6. The van der Waals surface area contributed by atoms with E-state index in [9.17, 15) is 8.42 Å². The lowest BCUT2D eigenvalue weighted by Crippen LogP contribution is -2.45. The predicted molar refractivity (Wildman–Crippen MR) is 104 cm³/mol. The van der Waals surface area contributed by atoms with Crippen LogP contribution in [0.1, 0.15) is 38.4 Å². The zero-order valence-corrected chi connectivity index (χ0v) is 17.2. The molecule has 0 aromatic carbocycles. The highest BCUT2D eigenvalue weighted by Crippen LogP contribution is 2.25. The minimum absolute atomic E-state index is 0.247. The summed E-state index contributed by atoms with van der Waals surface area (Å²) in [6.45, 7) is 5.28. The third-order valence-corrected chi connectivity index (χ3v) is 6.82. The van der Waals surface area contributed by atoms with Gasteiger partial charge in [0.25, 0.3) is 10.2 Å². The van der Waals surface area contributed by atoms with Crippen molar-refractivity contribution >= 4 is 10.2 Å². The summed E-state index contributed by atoms with van der Waals surface area (Å²) in [5, 5.41) is 4.37. The molecule has 1 atom stereocenters. The lowest BCUT2D eigenvalue weighted by atomic mass is 9.94. The summed E-state index contributed by atoms with van der Waals surface area (Å²) in [7, 11) is -0.208. The van der Waals surface area contributed by atoms with Crippen LogP contribution in [0.4, 0.5) is 0 Å². The topological polar surface area (TPSA) is 84.2 Å². The van der Waals surface area contributed by atoms with Crippen LogP contribution in [0.25, 0.3) is 11.4 Å². The van der Waals surface area contributed by atoms with E-state index in [1.807, 2.05) is 16.8 Å². The number of piperidine rings is 1. The number of hydrogen-bond acceptors (Lipinski definition) is 5. The van der Waals surface area contributed by atoms with Crippen molar-refractivity contribution in [1.82, 2.24) is 28.4 Å². The lowest BCUT2D eigenvalue weighted by molar-refractivity contribution is 0.253. The molecule has 0 amide bonds. The Bertz CT molecular complexity index is 877. The Morgan fingerprint density at radius 2 is 2.07 bits per heavy atom. The van der Waals surface area contributed by atoms with Crippen LogP contribution in [0.3, 0.4) is 0 Å². The quantitative estimate of drug-likeness (QED) is 0.750. The molecule has 2 aromatic rings. The molecule has 148 valence electrons. The van der Waals surface area contributed by atoms with Crippen LogP contribution in [0.2, 0.25) is 0 Å². The molecule has 0 N–H and O–H groups in total. The molecule has 0 bridgehead atoms. The summed E-state index contributed by atoms with van der Waals surface area (Å²) >= 11 is 0. The summed E-state index contributed by atoms with van der Waals surface area (Å²) in [6.07, 6.45) is 5.98. The normalized spacial score (nSPS) is 19.1. The fourth-order valence-electron chi connectivity index (χ4n) is 3.51. The van der Waals surface area contributed by atoms with Crippen LogP contribution in [0.5, 0.6) is 0 Å². The van der Waals surface area contributed by atoms with Gasteiger partial charge in [-0.25, -0.2) is 9.97 Å². The van der Waals surface area contributed by atoms with Gasteiger partial charge in [-0.2, -0.15) is 22.1 Å². The van der Waals surface area contributed by atoms with E-state index >= 15 is 0 Å². The monoisotopic (exact) mass is 392 g/mol. The van der Waals surface area contributed by atoms with E-state index in [4.69, 9.17) is 0 Å². The first-order valence-corrected chi connectivity index (χ1v) is 10.7. The van der Waals surface area contributed by atoms with E-state index in [1.54, 1.807) is 30.9 Å². The standard InChI is InChI=1S/C18H28N6O2S/c1-14(2)24-18(7-8-21-24)17-11-16(19-13-20-17)10-15-6-5-9-23(12-15)27(25,26)22(3)4/h7-8,11,13-15H,5-6,9-10,12H2,1-4H3/t15-/m0/s1. The molecule has 1 aliphatic rings. The molecule has 1 saturated heterocycles. The highest BCUT2D eigenvalue weighted by molar-refractivity contribution is 7.86.